The fourth-order valence-corrected chi connectivity index (χ4v) is 4.00. The molecule has 1 unspecified atom stereocenters. The monoisotopic (exact) mass is 339 g/mol. The van der Waals surface area contributed by atoms with E-state index in [0.29, 0.717) is 18.6 Å². The van der Waals surface area contributed by atoms with E-state index in [4.69, 9.17) is 4.74 Å². The molecule has 4 heteroatoms. The van der Waals surface area contributed by atoms with Gasteiger partial charge >= 0.3 is 5.97 Å². The van der Waals surface area contributed by atoms with Crippen LogP contribution in [0.5, 0.6) is 0 Å². The normalized spacial score (nSPS) is 25.3. The molecule has 132 valence electrons. The minimum Gasteiger partial charge on any atom is -0.465 e. The second kappa shape index (κ2) is 6.58. The van der Waals surface area contributed by atoms with Crippen molar-refractivity contribution < 1.29 is 14.3 Å². The Labute approximate surface area is 149 Å². The van der Waals surface area contributed by atoms with Crippen molar-refractivity contribution >= 4 is 17.5 Å². The average molecular weight is 339 g/mol. The SMILES string of the molecule is CCOC(=O)C1C(C)=NC2=C(C(=O)CC(C)(C)C2)[C@H]1c1ccccc1. The van der Waals surface area contributed by atoms with Crippen molar-refractivity contribution in [2.24, 2.45) is 16.3 Å². The molecular weight excluding hydrogens is 314 g/mol. The zero-order valence-electron chi connectivity index (χ0n) is 15.3. The first-order chi connectivity index (χ1) is 11.8. The first-order valence-corrected chi connectivity index (χ1v) is 8.87. The predicted molar refractivity (Wildman–Crippen MR) is 97.5 cm³/mol. The van der Waals surface area contributed by atoms with Crippen LogP contribution in [0.25, 0.3) is 0 Å². The molecule has 2 aliphatic rings. The molecule has 0 N–H and O–H groups in total. The topological polar surface area (TPSA) is 55.7 Å². The van der Waals surface area contributed by atoms with Crippen molar-refractivity contribution in [3.8, 4) is 0 Å². The predicted octanol–water partition coefficient (Wildman–Crippen LogP) is 4.07. The number of carbonyl (C=O) groups excluding carboxylic acids is 2. The van der Waals surface area contributed by atoms with Gasteiger partial charge in [-0.3, -0.25) is 14.6 Å². The summed E-state index contributed by atoms with van der Waals surface area (Å²) in [6.07, 6.45) is 1.24. The number of allylic oxidation sites excluding steroid dienone is 2. The van der Waals surface area contributed by atoms with Crippen LogP contribution in [0.2, 0.25) is 0 Å². The molecule has 0 saturated heterocycles. The van der Waals surface area contributed by atoms with Crippen LogP contribution in [-0.2, 0) is 14.3 Å². The van der Waals surface area contributed by atoms with Gasteiger partial charge in [0, 0.05) is 29.3 Å². The van der Waals surface area contributed by atoms with Gasteiger partial charge in [-0.25, -0.2) is 0 Å². The highest BCUT2D eigenvalue weighted by Crippen LogP contribution is 2.47. The lowest BCUT2D eigenvalue weighted by atomic mass is 9.67. The number of ether oxygens (including phenoxy) is 1. The van der Waals surface area contributed by atoms with E-state index in [9.17, 15) is 9.59 Å². The maximum Gasteiger partial charge on any atom is 0.315 e. The smallest absolute Gasteiger partial charge is 0.315 e. The summed E-state index contributed by atoms with van der Waals surface area (Å²) in [4.78, 5) is 30.3. The molecule has 0 radical (unpaired) electrons. The lowest BCUT2D eigenvalue weighted by Gasteiger charge is -2.38. The Morgan fingerprint density at radius 1 is 1.24 bits per heavy atom. The number of Topliss-reactive ketones (excluding diaryl/α,β-unsaturated/α-hetero) is 1. The fourth-order valence-electron chi connectivity index (χ4n) is 4.00. The van der Waals surface area contributed by atoms with E-state index >= 15 is 0 Å². The number of hydrogen-bond donors (Lipinski definition) is 0. The quantitative estimate of drug-likeness (QED) is 0.780. The summed E-state index contributed by atoms with van der Waals surface area (Å²) in [5, 5.41) is 0. The standard InChI is InChI=1S/C21H25NO3/c1-5-25-20(24)17-13(2)22-15-11-21(3,4)12-16(23)19(15)18(17)14-9-7-6-8-10-14/h6-10,17-18H,5,11-12H2,1-4H3/t17?,18-/m0/s1. The Morgan fingerprint density at radius 3 is 2.56 bits per heavy atom. The van der Waals surface area contributed by atoms with Crippen LogP contribution in [0.4, 0.5) is 0 Å². The molecular formula is C21H25NO3. The summed E-state index contributed by atoms with van der Waals surface area (Å²) in [6, 6.07) is 9.78. The van der Waals surface area contributed by atoms with Gasteiger partial charge in [0.05, 0.1) is 6.61 Å². The van der Waals surface area contributed by atoms with E-state index in [1.165, 1.54) is 0 Å². The first kappa shape index (κ1) is 17.6. The van der Waals surface area contributed by atoms with Crippen molar-refractivity contribution in [3.63, 3.8) is 0 Å². The van der Waals surface area contributed by atoms with Gasteiger partial charge in [-0.05, 0) is 31.2 Å². The second-order valence-electron chi connectivity index (χ2n) is 7.67. The van der Waals surface area contributed by atoms with Crippen LogP contribution in [0.15, 0.2) is 46.6 Å². The molecule has 1 aliphatic heterocycles. The van der Waals surface area contributed by atoms with E-state index < -0.39 is 5.92 Å². The van der Waals surface area contributed by atoms with Crippen LogP contribution in [0, 0.1) is 11.3 Å². The van der Waals surface area contributed by atoms with Gasteiger partial charge in [0.2, 0.25) is 0 Å². The van der Waals surface area contributed by atoms with Gasteiger partial charge in [0.25, 0.3) is 0 Å². The third-order valence-electron chi connectivity index (χ3n) is 5.00. The van der Waals surface area contributed by atoms with Crippen molar-refractivity contribution in [1.82, 2.24) is 0 Å². The maximum absolute atomic E-state index is 13.0. The summed E-state index contributed by atoms with van der Waals surface area (Å²) in [5.41, 5.74) is 3.15. The van der Waals surface area contributed by atoms with Crippen molar-refractivity contribution in [2.75, 3.05) is 6.61 Å². The minimum absolute atomic E-state index is 0.0995. The molecule has 0 fully saturated rings. The van der Waals surface area contributed by atoms with Gasteiger partial charge < -0.3 is 4.74 Å². The van der Waals surface area contributed by atoms with E-state index in [2.05, 4.69) is 18.8 Å². The van der Waals surface area contributed by atoms with Gasteiger partial charge in [-0.15, -0.1) is 0 Å². The lowest BCUT2D eigenvalue weighted by Crippen LogP contribution is -2.39. The van der Waals surface area contributed by atoms with Crippen LogP contribution in [0.1, 0.15) is 52.0 Å². The molecule has 25 heavy (non-hydrogen) atoms. The van der Waals surface area contributed by atoms with E-state index in [1.807, 2.05) is 37.3 Å². The average Bonchev–Trinajstić information content (AvgIpc) is 2.53. The Hall–Kier alpha value is -2.23. The zero-order valence-corrected chi connectivity index (χ0v) is 15.3. The van der Waals surface area contributed by atoms with Gasteiger partial charge in [-0.1, -0.05) is 44.2 Å². The number of carbonyl (C=O) groups is 2. The van der Waals surface area contributed by atoms with E-state index in [1.54, 1.807) is 6.92 Å². The lowest BCUT2D eigenvalue weighted by molar-refractivity contribution is -0.146. The Bertz CT molecular complexity index is 759. The van der Waals surface area contributed by atoms with Crippen molar-refractivity contribution in [2.45, 2.75) is 46.5 Å². The summed E-state index contributed by atoms with van der Waals surface area (Å²) in [7, 11) is 0. The van der Waals surface area contributed by atoms with Gasteiger partial charge in [0.1, 0.15) is 5.92 Å². The largest absolute Gasteiger partial charge is 0.465 e. The highest BCUT2D eigenvalue weighted by molar-refractivity contribution is 6.09. The van der Waals surface area contributed by atoms with Crippen LogP contribution in [-0.4, -0.2) is 24.1 Å². The number of benzene rings is 1. The summed E-state index contributed by atoms with van der Waals surface area (Å²) in [6.45, 7) is 8.16. The number of ketones is 1. The summed E-state index contributed by atoms with van der Waals surface area (Å²) >= 11 is 0. The van der Waals surface area contributed by atoms with Crippen LogP contribution < -0.4 is 0 Å². The highest BCUT2D eigenvalue weighted by atomic mass is 16.5. The highest BCUT2D eigenvalue weighted by Gasteiger charge is 2.45. The van der Waals surface area contributed by atoms with Gasteiger partial charge in [0.15, 0.2) is 5.78 Å². The molecule has 1 heterocycles. The zero-order chi connectivity index (χ0) is 18.2. The van der Waals surface area contributed by atoms with E-state index in [0.717, 1.165) is 23.4 Å². The molecule has 0 amide bonds. The van der Waals surface area contributed by atoms with Crippen LogP contribution >= 0.6 is 0 Å². The second-order valence-corrected chi connectivity index (χ2v) is 7.67. The third kappa shape index (κ3) is 3.30. The molecule has 3 rings (SSSR count). The Morgan fingerprint density at radius 2 is 1.92 bits per heavy atom. The van der Waals surface area contributed by atoms with Crippen molar-refractivity contribution in [3.05, 3.63) is 47.2 Å². The number of aliphatic imine (C=N–C) groups is 1. The molecule has 0 saturated carbocycles. The van der Waals surface area contributed by atoms with Crippen LogP contribution in [0.3, 0.4) is 0 Å². The fraction of sp³-hybridized carbons (Fsp3) is 0.476. The first-order valence-electron chi connectivity index (χ1n) is 8.87. The molecule has 0 spiro atoms. The molecule has 1 aliphatic carbocycles. The summed E-state index contributed by atoms with van der Waals surface area (Å²) < 4.78 is 5.31. The molecule has 0 bridgehead atoms. The molecule has 0 aromatic heterocycles. The molecule has 2 atom stereocenters. The molecule has 4 nitrogen and oxygen atoms in total. The van der Waals surface area contributed by atoms with E-state index in [-0.39, 0.29) is 23.1 Å². The maximum atomic E-state index is 13.0. The molecule has 1 aromatic rings. The number of hydrogen-bond acceptors (Lipinski definition) is 4. The molecule has 1 aromatic carbocycles. The third-order valence-corrected chi connectivity index (χ3v) is 5.00. The minimum atomic E-state index is -0.536. The van der Waals surface area contributed by atoms with Gasteiger partial charge in [-0.2, -0.15) is 0 Å². The Balaban J connectivity index is 2.15. The number of rotatable bonds is 3. The van der Waals surface area contributed by atoms with Crippen molar-refractivity contribution in [1.29, 1.82) is 0 Å². The number of nitrogens with zero attached hydrogens (tertiary/aromatic N) is 1. The number of esters is 1. The summed E-state index contributed by atoms with van der Waals surface area (Å²) in [5.74, 6) is -1.05. The Kier molecular flexibility index (Phi) is 4.63.